The maximum absolute atomic E-state index is 5.31. The molecule has 1 rings (SSSR count). The van der Waals surface area contributed by atoms with Crippen LogP contribution >= 0.6 is 12.2 Å². The number of nitrogens with zero attached hydrogens (tertiary/aromatic N) is 2. The fourth-order valence-electron chi connectivity index (χ4n) is 0.592. The van der Waals surface area contributed by atoms with E-state index in [1.165, 1.54) is 0 Å². The summed E-state index contributed by atoms with van der Waals surface area (Å²) in [7, 11) is 0. The zero-order valence-electron chi connectivity index (χ0n) is 5.03. The quantitative estimate of drug-likeness (QED) is 0.528. The van der Waals surface area contributed by atoms with Gasteiger partial charge in [0.1, 0.15) is 6.33 Å². The minimum Gasteiger partial charge on any atom is -0.376 e. The molecule has 1 aromatic heterocycles. The van der Waals surface area contributed by atoms with Gasteiger partial charge in [0.15, 0.2) is 5.11 Å². The third-order valence-electron chi connectivity index (χ3n) is 1.06. The van der Waals surface area contributed by atoms with Crippen molar-refractivity contribution >= 4 is 17.3 Å². The van der Waals surface area contributed by atoms with Crippen LogP contribution < -0.4 is 5.73 Å². The SMILES string of the molecule is Cc1cncn1C(N)=S. The van der Waals surface area contributed by atoms with Gasteiger partial charge >= 0.3 is 0 Å². The fourth-order valence-corrected chi connectivity index (χ4v) is 0.783. The van der Waals surface area contributed by atoms with Gasteiger partial charge in [-0.05, 0) is 19.1 Å². The molecule has 0 aliphatic carbocycles. The van der Waals surface area contributed by atoms with E-state index in [0.717, 1.165) is 5.69 Å². The molecule has 1 heterocycles. The van der Waals surface area contributed by atoms with Crippen molar-refractivity contribution in [3.05, 3.63) is 18.2 Å². The molecule has 0 saturated heterocycles. The Morgan fingerprint density at radius 3 is 2.78 bits per heavy atom. The van der Waals surface area contributed by atoms with Crippen LogP contribution in [0.1, 0.15) is 5.69 Å². The highest BCUT2D eigenvalue weighted by Crippen LogP contribution is 1.93. The first-order valence-electron chi connectivity index (χ1n) is 2.50. The standard InChI is InChI=1S/C5H7N3S/c1-4-2-7-3-8(4)5(6)9/h2-3H,1H3,(H2,6,9). The summed E-state index contributed by atoms with van der Waals surface area (Å²) < 4.78 is 1.65. The summed E-state index contributed by atoms with van der Waals surface area (Å²) >= 11 is 4.70. The van der Waals surface area contributed by atoms with Crippen molar-refractivity contribution in [1.82, 2.24) is 9.55 Å². The van der Waals surface area contributed by atoms with E-state index in [1.807, 2.05) is 6.92 Å². The number of nitrogens with two attached hydrogens (primary N) is 1. The number of thiocarbonyl (C=S) groups is 1. The minimum absolute atomic E-state index is 0.338. The molecule has 0 saturated carbocycles. The Labute approximate surface area is 58.5 Å². The Hall–Kier alpha value is -0.900. The van der Waals surface area contributed by atoms with Crippen molar-refractivity contribution in [2.45, 2.75) is 6.92 Å². The van der Waals surface area contributed by atoms with Crippen LogP contribution in [0.2, 0.25) is 0 Å². The molecule has 0 radical (unpaired) electrons. The monoisotopic (exact) mass is 141 g/mol. The second kappa shape index (κ2) is 2.14. The molecular formula is C5H7N3S. The molecule has 0 atom stereocenters. The first kappa shape index (κ1) is 6.22. The zero-order valence-corrected chi connectivity index (χ0v) is 5.85. The van der Waals surface area contributed by atoms with Gasteiger partial charge in [0, 0.05) is 11.9 Å². The van der Waals surface area contributed by atoms with Gasteiger partial charge in [-0.3, -0.25) is 4.57 Å². The Balaban J connectivity index is 3.08. The lowest BCUT2D eigenvalue weighted by Crippen LogP contribution is -2.18. The zero-order chi connectivity index (χ0) is 6.85. The topological polar surface area (TPSA) is 43.8 Å². The van der Waals surface area contributed by atoms with Crippen molar-refractivity contribution in [2.75, 3.05) is 0 Å². The highest BCUT2D eigenvalue weighted by atomic mass is 32.1. The number of imidazole rings is 1. The average molecular weight is 141 g/mol. The highest BCUT2D eigenvalue weighted by molar-refractivity contribution is 7.80. The second-order valence-corrected chi connectivity index (χ2v) is 2.16. The molecule has 4 heteroatoms. The molecule has 0 fully saturated rings. The molecule has 1 aromatic rings. The fraction of sp³-hybridized carbons (Fsp3) is 0.200. The number of rotatable bonds is 0. The van der Waals surface area contributed by atoms with E-state index >= 15 is 0 Å². The number of aromatic nitrogens is 2. The van der Waals surface area contributed by atoms with Crippen molar-refractivity contribution in [2.24, 2.45) is 5.73 Å². The summed E-state index contributed by atoms with van der Waals surface area (Å²) in [5.41, 5.74) is 6.27. The highest BCUT2D eigenvalue weighted by Gasteiger charge is 1.95. The van der Waals surface area contributed by atoms with E-state index in [1.54, 1.807) is 17.1 Å². The molecule has 48 valence electrons. The molecule has 9 heavy (non-hydrogen) atoms. The molecule has 0 spiro atoms. The van der Waals surface area contributed by atoms with E-state index in [4.69, 9.17) is 18.0 Å². The van der Waals surface area contributed by atoms with E-state index in [-0.39, 0.29) is 0 Å². The first-order valence-corrected chi connectivity index (χ1v) is 2.91. The van der Waals surface area contributed by atoms with E-state index in [2.05, 4.69) is 4.98 Å². The van der Waals surface area contributed by atoms with Gasteiger partial charge < -0.3 is 5.73 Å². The Kier molecular flexibility index (Phi) is 1.48. The van der Waals surface area contributed by atoms with E-state index < -0.39 is 0 Å². The molecule has 2 N–H and O–H groups in total. The van der Waals surface area contributed by atoms with Crippen molar-refractivity contribution < 1.29 is 0 Å². The van der Waals surface area contributed by atoms with Crippen LogP contribution in [0.3, 0.4) is 0 Å². The van der Waals surface area contributed by atoms with Gasteiger partial charge in [-0.15, -0.1) is 0 Å². The summed E-state index contributed by atoms with van der Waals surface area (Å²) in [4.78, 5) is 3.84. The normalized spacial score (nSPS) is 9.44. The van der Waals surface area contributed by atoms with Crippen LogP contribution in [0.15, 0.2) is 12.5 Å². The lowest BCUT2D eigenvalue weighted by atomic mass is 10.5. The lowest BCUT2D eigenvalue weighted by molar-refractivity contribution is 1.08. The predicted molar refractivity (Wildman–Crippen MR) is 39.1 cm³/mol. The van der Waals surface area contributed by atoms with Crippen molar-refractivity contribution in [1.29, 1.82) is 0 Å². The molecule has 0 aliphatic rings. The van der Waals surface area contributed by atoms with Gasteiger partial charge in [0.2, 0.25) is 0 Å². The summed E-state index contributed by atoms with van der Waals surface area (Å²) in [5.74, 6) is 0. The Bertz CT molecular complexity index is 228. The van der Waals surface area contributed by atoms with Crippen LogP contribution in [0.25, 0.3) is 0 Å². The van der Waals surface area contributed by atoms with Crippen LogP contribution in [-0.4, -0.2) is 14.7 Å². The van der Waals surface area contributed by atoms with Gasteiger partial charge in [0.05, 0.1) is 0 Å². The van der Waals surface area contributed by atoms with E-state index in [9.17, 15) is 0 Å². The van der Waals surface area contributed by atoms with Gasteiger partial charge in [0.25, 0.3) is 0 Å². The van der Waals surface area contributed by atoms with Crippen LogP contribution in [0.4, 0.5) is 0 Å². The van der Waals surface area contributed by atoms with Crippen molar-refractivity contribution in [3.8, 4) is 0 Å². The molecular weight excluding hydrogens is 134 g/mol. The minimum atomic E-state index is 0.338. The smallest absolute Gasteiger partial charge is 0.176 e. The van der Waals surface area contributed by atoms with Crippen LogP contribution in [0, 0.1) is 6.92 Å². The van der Waals surface area contributed by atoms with Crippen LogP contribution in [-0.2, 0) is 0 Å². The maximum atomic E-state index is 5.31. The average Bonchev–Trinajstić information content (AvgIpc) is 2.13. The number of hydrogen-bond donors (Lipinski definition) is 1. The Morgan fingerprint density at radius 2 is 2.56 bits per heavy atom. The molecule has 0 unspecified atom stereocenters. The molecule has 3 nitrogen and oxygen atoms in total. The van der Waals surface area contributed by atoms with Gasteiger partial charge in [-0.2, -0.15) is 0 Å². The number of hydrogen-bond acceptors (Lipinski definition) is 2. The summed E-state index contributed by atoms with van der Waals surface area (Å²) in [6.45, 7) is 1.90. The summed E-state index contributed by atoms with van der Waals surface area (Å²) in [5, 5.41) is 0.338. The predicted octanol–water partition coefficient (Wildman–Crippen LogP) is 0.283. The molecule has 0 amide bonds. The van der Waals surface area contributed by atoms with E-state index in [0.29, 0.717) is 5.11 Å². The molecule has 0 aliphatic heterocycles. The second-order valence-electron chi connectivity index (χ2n) is 1.74. The largest absolute Gasteiger partial charge is 0.376 e. The third kappa shape index (κ3) is 1.08. The first-order chi connectivity index (χ1) is 4.22. The number of aryl methyl sites for hydroxylation is 1. The van der Waals surface area contributed by atoms with Crippen molar-refractivity contribution in [3.63, 3.8) is 0 Å². The van der Waals surface area contributed by atoms with Gasteiger partial charge in [-0.1, -0.05) is 0 Å². The summed E-state index contributed by atoms with van der Waals surface area (Å²) in [6, 6.07) is 0. The van der Waals surface area contributed by atoms with Crippen LogP contribution in [0.5, 0.6) is 0 Å². The Morgan fingerprint density at radius 1 is 1.89 bits per heavy atom. The maximum Gasteiger partial charge on any atom is 0.176 e. The third-order valence-corrected chi connectivity index (χ3v) is 1.26. The lowest BCUT2D eigenvalue weighted by Gasteiger charge is -1.97. The molecule has 0 aromatic carbocycles. The van der Waals surface area contributed by atoms with Gasteiger partial charge in [-0.25, -0.2) is 4.98 Å². The summed E-state index contributed by atoms with van der Waals surface area (Å²) in [6.07, 6.45) is 3.30. The molecule has 0 bridgehead atoms.